The molecule has 0 radical (unpaired) electrons. The van der Waals surface area contributed by atoms with E-state index in [1.54, 1.807) is 0 Å². The Morgan fingerprint density at radius 1 is 1.33 bits per heavy atom. The lowest BCUT2D eigenvalue weighted by atomic mass is 10.1. The SMILES string of the molecule is CCCc1c(N)ncnc1Nc1ccn(CC)n1. The Balaban J connectivity index is 2.25. The van der Waals surface area contributed by atoms with Crippen LogP contribution in [0.15, 0.2) is 18.6 Å². The molecule has 0 aliphatic carbocycles. The highest BCUT2D eigenvalue weighted by atomic mass is 15.3. The molecule has 0 spiro atoms. The van der Waals surface area contributed by atoms with Crippen LogP contribution in [0, 0.1) is 0 Å². The molecule has 0 atom stereocenters. The molecule has 2 rings (SSSR count). The molecular formula is C12H18N6. The zero-order valence-corrected chi connectivity index (χ0v) is 10.7. The highest BCUT2D eigenvalue weighted by molar-refractivity contribution is 5.61. The van der Waals surface area contributed by atoms with Gasteiger partial charge < -0.3 is 11.1 Å². The summed E-state index contributed by atoms with van der Waals surface area (Å²) in [4.78, 5) is 8.26. The van der Waals surface area contributed by atoms with Crippen LogP contribution in [0.1, 0.15) is 25.8 Å². The number of nitrogens with one attached hydrogen (secondary N) is 1. The van der Waals surface area contributed by atoms with Crippen molar-refractivity contribution in [3.8, 4) is 0 Å². The van der Waals surface area contributed by atoms with Crippen LogP contribution in [-0.2, 0) is 13.0 Å². The predicted octanol–water partition coefficient (Wildman–Crippen LogP) is 1.97. The van der Waals surface area contributed by atoms with Crippen molar-refractivity contribution in [3.63, 3.8) is 0 Å². The average molecular weight is 246 g/mol. The van der Waals surface area contributed by atoms with Gasteiger partial charge in [-0.1, -0.05) is 13.3 Å². The molecule has 0 aromatic carbocycles. The Labute approximate surface area is 106 Å². The molecule has 0 aliphatic rings. The molecule has 6 heteroatoms. The van der Waals surface area contributed by atoms with E-state index in [1.165, 1.54) is 6.33 Å². The van der Waals surface area contributed by atoms with Crippen molar-refractivity contribution in [3.05, 3.63) is 24.2 Å². The molecule has 0 bridgehead atoms. The fourth-order valence-corrected chi connectivity index (χ4v) is 1.76. The third kappa shape index (κ3) is 2.58. The van der Waals surface area contributed by atoms with Gasteiger partial charge in [0, 0.05) is 24.4 Å². The van der Waals surface area contributed by atoms with Crippen LogP contribution in [0.5, 0.6) is 0 Å². The summed E-state index contributed by atoms with van der Waals surface area (Å²) in [6.45, 7) is 4.99. The smallest absolute Gasteiger partial charge is 0.153 e. The summed E-state index contributed by atoms with van der Waals surface area (Å²) in [5.41, 5.74) is 6.83. The highest BCUT2D eigenvalue weighted by Crippen LogP contribution is 2.22. The van der Waals surface area contributed by atoms with E-state index in [9.17, 15) is 0 Å². The normalized spacial score (nSPS) is 10.6. The molecule has 2 aromatic rings. The molecule has 2 aromatic heterocycles. The number of aromatic nitrogens is 4. The fourth-order valence-electron chi connectivity index (χ4n) is 1.76. The predicted molar refractivity (Wildman–Crippen MR) is 71.6 cm³/mol. The monoisotopic (exact) mass is 246 g/mol. The molecule has 0 aliphatic heterocycles. The first-order valence-corrected chi connectivity index (χ1v) is 6.14. The zero-order valence-electron chi connectivity index (χ0n) is 10.7. The maximum atomic E-state index is 5.88. The van der Waals surface area contributed by atoms with Crippen molar-refractivity contribution < 1.29 is 0 Å². The summed E-state index contributed by atoms with van der Waals surface area (Å²) in [6.07, 6.45) is 5.24. The van der Waals surface area contributed by atoms with Crippen molar-refractivity contribution >= 4 is 17.5 Å². The van der Waals surface area contributed by atoms with Gasteiger partial charge in [0.1, 0.15) is 18.0 Å². The van der Waals surface area contributed by atoms with Gasteiger partial charge in [-0.15, -0.1) is 0 Å². The van der Waals surface area contributed by atoms with Gasteiger partial charge in [-0.3, -0.25) is 4.68 Å². The largest absolute Gasteiger partial charge is 0.383 e. The lowest BCUT2D eigenvalue weighted by Crippen LogP contribution is -2.06. The Bertz CT molecular complexity index is 519. The topological polar surface area (TPSA) is 81.6 Å². The molecule has 18 heavy (non-hydrogen) atoms. The van der Waals surface area contributed by atoms with Crippen LogP contribution < -0.4 is 11.1 Å². The molecule has 0 saturated carbocycles. The van der Waals surface area contributed by atoms with Crippen molar-refractivity contribution in [2.45, 2.75) is 33.2 Å². The van der Waals surface area contributed by atoms with Gasteiger partial charge in [0.15, 0.2) is 5.82 Å². The Kier molecular flexibility index (Phi) is 3.76. The molecule has 6 nitrogen and oxygen atoms in total. The summed E-state index contributed by atoms with van der Waals surface area (Å²) in [6, 6.07) is 1.91. The first kappa shape index (κ1) is 12.3. The van der Waals surface area contributed by atoms with Crippen LogP contribution in [0.25, 0.3) is 0 Å². The number of anilines is 3. The van der Waals surface area contributed by atoms with Crippen molar-refractivity contribution in [2.75, 3.05) is 11.1 Å². The number of rotatable bonds is 5. The minimum atomic E-state index is 0.532. The van der Waals surface area contributed by atoms with E-state index in [-0.39, 0.29) is 0 Å². The number of nitrogens with zero attached hydrogens (tertiary/aromatic N) is 4. The Morgan fingerprint density at radius 3 is 2.83 bits per heavy atom. The van der Waals surface area contributed by atoms with E-state index in [4.69, 9.17) is 5.73 Å². The van der Waals surface area contributed by atoms with E-state index in [0.717, 1.165) is 36.6 Å². The van der Waals surface area contributed by atoms with Crippen LogP contribution in [0.4, 0.5) is 17.5 Å². The molecule has 0 fully saturated rings. The zero-order chi connectivity index (χ0) is 13.0. The number of aryl methyl sites for hydroxylation is 1. The van der Waals surface area contributed by atoms with E-state index in [2.05, 4.69) is 27.3 Å². The number of hydrogen-bond donors (Lipinski definition) is 2. The first-order valence-electron chi connectivity index (χ1n) is 6.14. The minimum absolute atomic E-state index is 0.532. The van der Waals surface area contributed by atoms with Crippen molar-refractivity contribution in [1.82, 2.24) is 19.7 Å². The summed E-state index contributed by atoms with van der Waals surface area (Å²) >= 11 is 0. The van der Waals surface area contributed by atoms with Crippen LogP contribution >= 0.6 is 0 Å². The number of hydrogen-bond acceptors (Lipinski definition) is 5. The summed E-state index contributed by atoms with van der Waals surface area (Å²) in [5.74, 6) is 2.04. The molecular weight excluding hydrogens is 228 g/mol. The summed E-state index contributed by atoms with van der Waals surface area (Å²) in [5, 5.41) is 7.55. The van der Waals surface area contributed by atoms with Gasteiger partial charge in [0.25, 0.3) is 0 Å². The second kappa shape index (κ2) is 5.48. The molecule has 0 unspecified atom stereocenters. The number of nitrogens with two attached hydrogens (primary N) is 1. The van der Waals surface area contributed by atoms with Crippen molar-refractivity contribution in [1.29, 1.82) is 0 Å². The van der Waals surface area contributed by atoms with Crippen LogP contribution in [-0.4, -0.2) is 19.7 Å². The maximum absolute atomic E-state index is 5.88. The highest BCUT2D eigenvalue weighted by Gasteiger charge is 2.09. The van der Waals surface area contributed by atoms with Gasteiger partial charge in [-0.05, 0) is 13.3 Å². The van der Waals surface area contributed by atoms with Crippen molar-refractivity contribution in [2.24, 2.45) is 0 Å². The maximum Gasteiger partial charge on any atom is 0.153 e. The standard InChI is InChI=1S/C12H18N6/c1-3-5-9-11(13)14-8-15-12(9)16-10-6-7-18(4-2)17-10/h6-8H,3-5H2,1-2H3,(H3,13,14,15,16,17). The Morgan fingerprint density at radius 2 is 2.17 bits per heavy atom. The van der Waals surface area contributed by atoms with E-state index in [1.807, 2.05) is 23.9 Å². The second-order valence-electron chi connectivity index (χ2n) is 4.02. The Hall–Kier alpha value is -2.11. The number of nitrogen functional groups attached to an aromatic ring is 1. The summed E-state index contributed by atoms with van der Waals surface area (Å²) in [7, 11) is 0. The lowest BCUT2D eigenvalue weighted by Gasteiger charge is -2.09. The van der Waals surface area contributed by atoms with Gasteiger partial charge in [0.05, 0.1) is 0 Å². The second-order valence-corrected chi connectivity index (χ2v) is 4.02. The van der Waals surface area contributed by atoms with E-state index < -0.39 is 0 Å². The van der Waals surface area contributed by atoms with Gasteiger partial charge in [-0.2, -0.15) is 5.10 Å². The van der Waals surface area contributed by atoms with Gasteiger partial charge in [-0.25, -0.2) is 9.97 Å². The van der Waals surface area contributed by atoms with E-state index in [0.29, 0.717) is 5.82 Å². The molecule has 2 heterocycles. The lowest BCUT2D eigenvalue weighted by molar-refractivity contribution is 0.662. The quantitative estimate of drug-likeness (QED) is 0.843. The fraction of sp³-hybridized carbons (Fsp3) is 0.417. The summed E-state index contributed by atoms with van der Waals surface area (Å²) < 4.78 is 1.85. The third-order valence-electron chi connectivity index (χ3n) is 2.69. The molecule has 0 saturated heterocycles. The third-order valence-corrected chi connectivity index (χ3v) is 2.69. The molecule has 96 valence electrons. The molecule has 0 amide bonds. The van der Waals surface area contributed by atoms with Gasteiger partial charge in [0.2, 0.25) is 0 Å². The van der Waals surface area contributed by atoms with Crippen LogP contribution in [0.2, 0.25) is 0 Å². The average Bonchev–Trinajstić information content (AvgIpc) is 2.81. The first-order chi connectivity index (χ1) is 8.74. The van der Waals surface area contributed by atoms with E-state index >= 15 is 0 Å². The van der Waals surface area contributed by atoms with Gasteiger partial charge >= 0.3 is 0 Å². The van der Waals surface area contributed by atoms with Crippen LogP contribution in [0.3, 0.4) is 0 Å². The molecule has 3 N–H and O–H groups in total. The minimum Gasteiger partial charge on any atom is -0.383 e.